The molecule has 8 nitrogen and oxygen atoms in total. The van der Waals surface area contributed by atoms with Crippen molar-refractivity contribution in [2.45, 2.75) is 13.0 Å². The fourth-order valence-corrected chi connectivity index (χ4v) is 3.46. The molecule has 2 N–H and O–H groups in total. The standard InChI is InChI=1S/C19H15N3O5S2/c1-11(18(25)26)27-14-6-4-12(5-7-14)9-15-17(24)22(19(28)29-15)21-16(23)13-3-2-8-20-10-13/h2-11H,1H3,(H,21,23)(H,25,26)/b15-9+. The maximum Gasteiger partial charge on any atom is 0.344 e. The number of nitrogens with zero attached hydrogens (tertiary/aromatic N) is 2. The van der Waals surface area contributed by atoms with Crippen LogP contribution in [0.2, 0.25) is 0 Å². The van der Waals surface area contributed by atoms with E-state index in [0.29, 0.717) is 21.8 Å². The highest BCUT2D eigenvalue weighted by molar-refractivity contribution is 8.26. The van der Waals surface area contributed by atoms with Crippen LogP contribution in [0.5, 0.6) is 5.75 Å². The van der Waals surface area contributed by atoms with Crippen LogP contribution in [0, 0.1) is 0 Å². The molecule has 29 heavy (non-hydrogen) atoms. The molecule has 0 radical (unpaired) electrons. The van der Waals surface area contributed by atoms with Crippen LogP contribution >= 0.6 is 24.0 Å². The largest absolute Gasteiger partial charge is 0.479 e. The van der Waals surface area contributed by atoms with Gasteiger partial charge in [-0.05, 0) is 55.0 Å². The molecule has 1 fully saturated rings. The SMILES string of the molecule is CC(Oc1ccc(/C=C2/SC(=S)N(NC(=O)c3cccnc3)C2=O)cc1)C(=O)O. The highest BCUT2D eigenvalue weighted by atomic mass is 32.2. The highest BCUT2D eigenvalue weighted by Gasteiger charge is 2.33. The van der Waals surface area contributed by atoms with E-state index in [-0.39, 0.29) is 4.32 Å². The molecule has 1 aliphatic heterocycles. The van der Waals surface area contributed by atoms with Gasteiger partial charge in [0.15, 0.2) is 10.4 Å². The van der Waals surface area contributed by atoms with Gasteiger partial charge >= 0.3 is 5.97 Å². The lowest BCUT2D eigenvalue weighted by molar-refractivity contribution is -0.144. The predicted molar refractivity (Wildman–Crippen MR) is 111 cm³/mol. The van der Waals surface area contributed by atoms with Crippen LogP contribution in [0.1, 0.15) is 22.8 Å². The van der Waals surface area contributed by atoms with Crippen LogP contribution in [-0.4, -0.2) is 43.3 Å². The maximum absolute atomic E-state index is 12.6. The second-order valence-electron chi connectivity index (χ2n) is 5.87. The first kappa shape index (κ1) is 20.5. The molecule has 1 aromatic carbocycles. The van der Waals surface area contributed by atoms with Crippen LogP contribution in [0.25, 0.3) is 6.08 Å². The Kier molecular flexibility index (Phi) is 6.25. The van der Waals surface area contributed by atoms with Crippen molar-refractivity contribution in [3.63, 3.8) is 0 Å². The summed E-state index contributed by atoms with van der Waals surface area (Å²) in [6.45, 7) is 1.43. The van der Waals surface area contributed by atoms with E-state index in [4.69, 9.17) is 22.1 Å². The summed E-state index contributed by atoms with van der Waals surface area (Å²) in [5.41, 5.74) is 3.47. The molecule has 0 bridgehead atoms. The molecule has 1 saturated heterocycles. The molecule has 2 aromatic rings. The molecule has 0 aliphatic carbocycles. The first-order valence-corrected chi connectivity index (χ1v) is 9.56. The molecule has 1 aliphatic rings. The lowest BCUT2D eigenvalue weighted by atomic mass is 10.2. The monoisotopic (exact) mass is 429 g/mol. The minimum Gasteiger partial charge on any atom is -0.479 e. The Morgan fingerprint density at radius 2 is 2.03 bits per heavy atom. The normalized spacial score (nSPS) is 16.0. The summed E-state index contributed by atoms with van der Waals surface area (Å²) in [6.07, 6.45) is 3.58. The molecule has 1 aromatic heterocycles. The quantitative estimate of drug-likeness (QED) is 0.533. The number of nitrogens with one attached hydrogen (secondary N) is 1. The Morgan fingerprint density at radius 3 is 2.66 bits per heavy atom. The number of aromatic nitrogens is 1. The summed E-state index contributed by atoms with van der Waals surface area (Å²) in [6, 6.07) is 9.77. The number of carboxylic acid groups (broad SMARTS) is 1. The molecule has 10 heteroatoms. The molecule has 148 valence electrons. The number of pyridine rings is 1. The van der Waals surface area contributed by atoms with Gasteiger partial charge in [-0.25, -0.2) is 4.79 Å². The van der Waals surface area contributed by atoms with Crippen LogP contribution < -0.4 is 10.2 Å². The lowest BCUT2D eigenvalue weighted by Crippen LogP contribution is -2.44. The number of hydrogen-bond acceptors (Lipinski definition) is 7. The van der Waals surface area contributed by atoms with Crippen molar-refractivity contribution in [1.82, 2.24) is 15.4 Å². The third-order valence-corrected chi connectivity index (χ3v) is 5.07. The van der Waals surface area contributed by atoms with Gasteiger partial charge in [0, 0.05) is 12.4 Å². The Hall–Kier alpha value is -3.24. The van der Waals surface area contributed by atoms with E-state index in [0.717, 1.165) is 16.8 Å². The van der Waals surface area contributed by atoms with Crippen LogP contribution in [0.15, 0.2) is 53.7 Å². The average Bonchev–Trinajstić information content (AvgIpc) is 2.97. The lowest BCUT2D eigenvalue weighted by Gasteiger charge is -2.15. The second-order valence-corrected chi connectivity index (χ2v) is 7.54. The van der Waals surface area contributed by atoms with Gasteiger partial charge in [0.25, 0.3) is 11.8 Å². The van der Waals surface area contributed by atoms with Crippen molar-refractivity contribution in [3.8, 4) is 5.75 Å². The molecular weight excluding hydrogens is 414 g/mol. The fraction of sp³-hybridized carbons (Fsp3) is 0.105. The number of rotatable bonds is 6. The number of carboxylic acids is 1. The van der Waals surface area contributed by atoms with E-state index in [2.05, 4.69) is 10.4 Å². The van der Waals surface area contributed by atoms with Crippen molar-refractivity contribution in [3.05, 3.63) is 64.8 Å². The van der Waals surface area contributed by atoms with Crippen LogP contribution in [0.4, 0.5) is 0 Å². The zero-order valence-corrected chi connectivity index (χ0v) is 16.7. The average molecular weight is 429 g/mol. The van der Waals surface area contributed by atoms with Crippen LogP contribution in [0.3, 0.4) is 0 Å². The van der Waals surface area contributed by atoms with Gasteiger partial charge in [-0.15, -0.1) is 0 Å². The van der Waals surface area contributed by atoms with Crippen molar-refractivity contribution in [1.29, 1.82) is 0 Å². The number of carbonyl (C=O) groups excluding carboxylic acids is 2. The molecule has 2 amide bonds. The molecular formula is C19H15N3O5S2. The molecule has 3 rings (SSSR count). The van der Waals surface area contributed by atoms with E-state index in [1.54, 1.807) is 42.5 Å². The number of hydrazine groups is 1. The minimum absolute atomic E-state index is 0.203. The summed E-state index contributed by atoms with van der Waals surface area (Å²) in [5.74, 6) is -1.61. The number of thiocarbonyl (C=S) groups is 1. The zero-order chi connectivity index (χ0) is 21.0. The number of ether oxygens (including phenoxy) is 1. The van der Waals surface area contributed by atoms with Gasteiger partial charge in [-0.2, -0.15) is 5.01 Å². The van der Waals surface area contributed by atoms with Gasteiger partial charge in [0.1, 0.15) is 5.75 Å². The van der Waals surface area contributed by atoms with Gasteiger partial charge in [0.2, 0.25) is 0 Å². The van der Waals surface area contributed by atoms with E-state index >= 15 is 0 Å². The first-order valence-electron chi connectivity index (χ1n) is 8.33. The number of amides is 2. The second kappa shape index (κ2) is 8.84. The van der Waals surface area contributed by atoms with Gasteiger partial charge in [-0.1, -0.05) is 23.9 Å². The number of carbonyl (C=O) groups is 3. The first-order chi connectivity index (χ1) is 13.8. The smallest absolute Gasteiger partial charge is 0.344 e. The van der Waals surface area contributed by atoms with Crippen molar-refractivity contribution >= 4 is 52.2 Å². The maximum atomic E-state index is 12.6. The van der Waals surface area contributed by atoms with E-state index in [9.17, 15) is 14.4 Å². The van der Waals surface area contributed by atoms with Gasteiger partial charge in [-0.3, -0.25) is 20.0 Å². The highest BCUT2D eigenvalue weighted by Crippen LogP contribution is 2.31. The van der Waals surface area contributed by atoms with E-state index in [1.807, 2.05) is 0 Å². The predicted octanol–water partition coefficient (Wildman–Crippen LogP) is 2.48. The van der Waals surface area contributed by atoms with Crippen molar-refractivity contribution < 1.29 is 24.2 Å². The Bertz CT molecular complexity index is 993. The minimum atomic E-state index is -1.06. The topological polar surface area (TPSA) is 109 Å². The molecule has 1 atom stereocenters. The zero-order valence-electron chi connectivity index (χ0n) is 15.1. The fourth-order valence-electron chi connectivity index (χ4n) is 2.28. The number of benzene rings is 1. The number of hydrogen-bond donors (Lipinski definition) is 2. The number of thioether (sulfide) groups is 1. The summed E-state index contributed by atoms with van der Waals surface area (Å²) < 4.78 is 5.47. The summed E-state index contributed by atoms with van der Waals surface area (Å²) in [5, 5.41) is 9.90. The summed E-state index contributed by atoms with van der Waals surface area (Å²) in [4.78, 5) is 39.9. The van der Waals surface area contributed by atoms with Crippen molar-refractivity contribution in [2.75, 3.05) is 0 Å². The van der Waals surface area contributed by atoms with Gasteiger partial charge in [0.05, 0.1) is 10.5 Å². The van der Waals surface area contributed by atoms with E-state index < -0.39 is 23.9 Å². The van der Waals surface area contributed by atoms with Crippen molar-refractivity contribution in [2.24, 2.45) is 0 Å². The Labute approximate surface area is 175 Å². The third kappa shape index (κ3) is 4.98. The number of aliphatic carboxylic acids is 1. The van der Waals surface area contributed by atoms with E-state index in [1.165, 1.54) is 19.3 Å². The molecule has 0 saturated carbocycles. The molecule has 2 heterocycles. The molecule has 0 spiro atoms. The third-order valence-electron chi connectivity index (χ3n) is 3.77. The molecule has 1 unspecified atom stereocenters. The van der Waals surface area contributed by atoms with Crippen LogP contribution in [-0.2, 0) is 9.59 Å². The van der Waals surface area contributed by atoms with Gasteiger partial charge < -0.3 is 9.84 Å². The summed E-state index contributed by atoms with van der Waals surface area (Å²) in [7, 11) is 0. The Balaban J connectivity index is 1.69. The Morgan fingerprint density at radius 1 is 1.31 bits per heavy atom. The summed E-state index contributed by atoms with van der Waals surface area (Å²) >= 11 is 6.26.